The summed E-state index contributed by atoms with van der Waals surface area (Å²) in [5, 5.41) is -0.171. The van der Waals surface area contributed by atoms with Gasteiger partial charge in [0.05, 0.1) is 5.56 Å². The lowest BCUT2D eigenvalue weighted by Crippen LogP contribution is -2.55. The second-order valence-corrected chi connectivity index (χ2v) is 8.92. The van der Waals surface area contributed by atoms with Crippen LogP contribution in [0.5, 0.6) is 0 Å². The number of carbonyl (C=O) groups excluding carboxylic acids is 2. The third kappa shape index (κ3) is 4.31. The van der Waals surface area contributed by atoms with Gasteiger partial charge < -0.3 is 9.80 Å². The van der Waals surface area contributed by atoms with Crippen LogP contribution < -0.4 is 0 Å². The zero-order valence-corrected chi connectivity index (χ0v) is 18.7. The largest absolute Gasteiger partial charge is 0.419 e. The molecule has 4 rings (SSSR count). The van der Waals surface area contributed by atoms with Gasteiger partial charge in [-0.1, -0.05) is 44.2 Å². The van der Waals surface area contributed by atoms with Crippen LogP contribution in [0.2, 0.25) is 5.15 Å². The van der Waals surface area contributed by atoms with Gasteiger partial charge in [-0.05, 0) is 30.9 Å². The van der Waals surface area contributed by atoms with Gasteiger partial charge in [0.2, 0.25) is 5.91 Å². The molecule has 6 nitrogen and oxygen atoms in total. The summed E-state index contributed by atoms with van der Waals surface area (Å²) in [5.74, 6) is -0.766. The molecule has 2 aromatic rings. The number of pyridine rings is 1. The number of fused-ring (bicyclic) bond motifs is 1. The number of carbonyl (C=O) groups is 2. The number of rotatable bonds is 4. The number of nitrogens with zero attached hydrogens (tertiary/aromatic N) is 4. The Morgan fingerprint density at radius 1 is 1.22 bits per heavy atom. The third-order valence-electron chi connectivity index (χ3n) is 6.32. The van der Waals surface area contributed by atoms with E-state index in [4.69, 9.17) is 11.6 Å². The van der Waals surface area contributed by atoms with Crippen LogP contribution in [0.15, 0.2) is 12.3 Å². The minimum absolute atomic E-state index is 0.118. The van der Waals surface area contributed by atoms with Gasteiger partial charge in [-0.15, -0.1) is 0 Å². The summed E-state index contributed by atoms with van der Waals surface area (Å²) in [7, 11) is 0. The van der Waals surface area contributed by atoms with Crippen LogP contribution >= 0.6 is 11.6 Å². The molecule has 0 N–H and O–H groups in total. The lowest BCUT2D eigenvalue weighted by molar-refractivity contribution is -0.138. The lowest BCUT2D eigenvalue weighted by Gasteiger charge is -2.40. The zero-order chi connectivity index (χ0) is 23.0. The van der Waals surface area contributed by atoms with Gasteiger partial charge in [0.15, 0.2) is 11.3 Å². The predicted octanol–water partition coefficient (Wildman–Crippen LogP) is 4.58. The predicted molar refractivity (Wildman–Crippen MR) is 114 cm³/mol. The molecule has 32 heavy (non-hydrogen) atoms. The van der Waals surface area contributed by atoms with Crippen LogP contribution in [0, 0.1) is 0 Å². The van der Waals surface area contributed by atoms with E-state index in [0.29, 0.717) is 31.5 Å². The molecule has 0 radical (unpaired) electrons. The van der Waals surface area contributed by atoms with Crippen molar-refractivity contribution in [3.63, 3.8) is 0 Å². The van der Waals surface area contributed by atoms with E-state index in [1.807, 2.05) is 11.8 Å². The lowest BCUT2D eigenvalue weighted by atomic mass is 9.93. The van der Waals surface area contributed by atoms with E-state index in [9.17, 15) is 22.8 Å². The summed E-state index contributed by atoms with van der Waals surface area (Å²) >= 11 is 6.34. The first-order valence-corrected chi connectivity index (χ1v) is 11.4. The molecule has 0 bridgehead atoms. The summed E-state index contributed by atoms with van der Waals surface area (Å²) in [6.07, 6.45) is 3.26. The maximum Gasteiger partial charge on any atom is 0.419 e. The van der Waals surface area contributed by atoms with Crippen LogP contribution in [0.4, 0.5) is 13.2 Å². The molecule has 0 aromatic carbocycles. The monoisotopic (exact) mass is 470 g/mol. The highest BCUT2D eigenvalue weighted by Crippen LogP contribution is 2.35. The first kappa shape index (κ1) is 22.9. The standard InChI is InChI=1S/C22H26ClF3N4O2/c1-2-6-14-11-16(22(24,25)26)20-27-18(19(23)30(20)12-14)21(32)28-9-10-29(17(31)13-28)15-7-4-3-5-8-15/h11-12,15H,2-10,13H2,1H3. The highest BCUT2D eigenvalue weighted by Gasteiger charge is 2.38. The number of hydrogen-bond donors (Lipinski definition) is 0. The Kier molecular flexibility index (Phi) is 6.38. The fourth-order valence-electron chi connectivity index (χ4n) is 4.73. The number of piperazine rings is 1. The molecular weight excluding hydrogens is 445 g/mol. The Bertz CT molecular complexity index is 1030. The molecule has 0 atom stereocenters. The maximum absolute atomic E-state index is 13.7. The smallest absolute Gasteiger partial charge is 0.336 e. The number of amides is 2. The molecule has 1 saturated carbocycles. The van der Waals surface area contributed by atoms with Gasteiger partial charge in [-0.2, -0.15) is 13.2 Å². The summed E-state index contributed by atoms with van der Waals surface area (Å²) in [5.41, 5.74) is -1.13. The zero-order valence-electron chi connectivity index (χ0n) is 17.9. The van der Waals surface area contributed by atoms with E-state index >= 15 is 0 Å². The fraction of sp³-hybridized carbons (Fsp3) is 0.591. The van der Waals surface area contributed by atoms with Gasteiger partial charge in [0.1, 0.15) is 11.7 Å². The average Bonchev–Trinajstić information content (AvgIpc) is 3.09. The summed E-state index contributed by atoms with van der Waals surface area (Å²) < 4.78 is 42.1. The quantitative estimate of drug-likeness (QED) is 0.657. The molecule has 2 fully saturated rings. The normalized spacial score (nSPS) is 18.6. The van der Waals surface area contributed by atoms with Crippen LogP contribution in [0.25, 0.3) is 5.65 Å². The molecule has 2 aliphatic rings. The van der Waals surface area contributed by atoms with Crippen molar-refractivity contribution >= 4 is 29.1 Å². The molecule has 0 spiro atoms. The molecule has 174 valence electrons. The van der Waals surface area contributed by atoms with Crippen molar-refractivity contribution in [2.24, 2.45) is 0 Å². The first-order valence-electron chi connectivity index (χ1n) is 11.1. The van der Waals surface area contributed by atoms with E-state index in [-0.39, 0.29) is 29.3 Å². The van der Waals surface area contributed by atoms with E-state index in [0.717, 1.165) is 36.2 Å². The molecule has 10 heteroatoms. The number of halogens is 4. The highest BCUT2D eigenvalue weighted by molar-refractivity contribution is 6.33. The van der Waals surface area contributed by atoms with Crippen molar-refractivity contribution in [3.05, 3.63) is 34.2 Å². The fourth-order valence-corrected chi connectivity index (χ4v) is 4.98. The van der Waals surface area contributed by atoms with Crippen molar-refractivity contribution in [2.45, 2.75) is 64.1 Å². The number of imidazole rings is 1. The van der Waals surface area contributed by atoms with Crippen molar-refractivity contribution < 1.29 is 22.8 Å². The van der Waals surface area contributed by atoms with Crippen molar-refractivity contribution in [1.29, 1.82) is 0 Å². The third-order valence-corrected chi connectivity index (χ3v) is 6.69. The number of aromatic nitrogens is 2. The molecule has 2 aromatic heterocycles. The molecule has 3 heterocycles. The summed E-state index contributed by atoms with van der Waals surface area (Å²) in [6.45, 7) is 2.46. The van der Waals surface area contributed by atoms with E-state index in [2.05, 4.69) is 4.98 Å². The molecule has 1 saturated heterocycles. The van der Waals surface area contributed by atoms with Gasteiger partial charge in [0.25, 0.3) is 5.91 Å². The summed E-state index contributed by atoms with van der Waals surface area (Å²) in [4.78, 5) is 33.0. The Morgan fingerprint density at radius 2 is 1.94 bits per heavy atom. The van der Waals surface area contributed by atoms with Gasteiger partial charge in [0, 0.05) is 25.3 Å². The maximum atomic E-state index is 13.7. The number of alkyl halides is 3. The Hall–Kier alpha value is -2.29. The Labute approximate surface area is 189 Å². The molecule has 0 unspecified atom stereocenters. The van der Waals surface area contributed by atoms with Crippen LogP contribution in [0.1, 0.15) is 67.1 Å². The Morgan fingerprint density at radius 3 is 2.56 bits per heavy atom. The van der Waals surface area contributed by atoms with Crippen LogP contribution in [-0.2, 0) is 17.4 Å². The number of hydrogen-bond acceptors (Lipinski definition) is 3. The topological polar surface area (TPSA) is 57.9 Å². The van der Waals surface area contributed by atoms with E-state index in [1.165, 1.54) is 17.5 Å². The van der Waals surface area contributed by atoms with Crippen molar-refractivity contribution in [1.82, 2.24) is 19.2 Å². The highest BCUT2D eigenvalue weighted by atomic mass is 35.5. The van der Waals surface area contributed by atoms with Crippen molar-refractivity contribution in [2.75, 3.05) is 19.6 Å². The molecule has 1 aliphatic carbocycles. The first-order chi connectivity index (χ1) is 15.2. The Balaban J connectivity index is 1.61. The van der Waals surface area contributed by atoms with Crippen molar-refractivity contribution in [3.8, 4) is 0 Å². The average molecular weight is 471 g/mol. The van der Waals surface area contributed by atoms with E-state index in [1.54, 1.807) is 0 Å². The van der Waals surface area contributed by atoms with Gasteiger partial charge in [-0.3, -0.25) is 14.0 Å². The second kappa shape index (κ2) is 8.92. The van der Waals surface area contributed by atoms with Gasteiger partial charge in [-0.25, -0.2) is 4.98 Å². The number of aryl methyl sites for hydroxylation is 1. The minimum atomic E-state index is -4.64. The molecular formula is C22H26ClF3N4O2. The molecule has 1 aliphatic heterocycles. The minimum Gasteiger partial charge on any atom is -0.336 e. The van der Waals surface area contributed by atoms with Crippen LogP contribution in [0.3, 0.4) is 0 Å². The second-order valence-electron chi connectivity index (χ2n) is 8.56. The van der Waals surface area contributed by atoms with Crippen LogP contribution in [-0.4, -0.2) is 56.7 Å². The van der Waals surface area contributed by atoms with E-state index < -0.39 is 23.3 Å². The van der Waals surface area contributed by atoms with Gasteiger partial charge >= 0.3 is 6.18 Å². The molecule has 2 amide bonds. The summed E-state index contributed by atoms with van der Waals surface area (Å²) in [6, 6.07) is 1.27. The SMILES string of the molecule is CCCc1cc(C(F)(F)F)c2nc(C(=O)N3CCN(C4CCCCC4)C(=O)C3)c(Cl)n2c1.